The first-order valence-electron chi connectivity index (χ1n) is 9.83. The molecule has 9 nitrogen and oxygen atoms in total. The van der Waals surface area contributed by atoms with Gasteiger partial charge in [-0.3, -0.25) is 4.79 Å². The zero-order chi connectivity index (χ0) is 22.7. The van der Waals surface area contributed by atoms with Crippen LogP contribution in [0.1, 0.15) is 38.6 Å². The number of aromatic nitrogens is 3. The number of carbonyl (C=O) groups excluding carboxylic acids is 1. The van der Waals surface area contributed by atoms with Gasteiger partial charge in [0.15, 0.2) is 5.78 Å². The molecule has 0 atom stereocenters. The van der Waals surface area contributed by atoms with E-state index in [2.05, 4.69) is 10.1 Å². The molecule has 4 N–H and O–H groups in total. The molecule has 0 spiro atoms. The van der Waals surface area contributed by atoms with E-state index in [4.69, 9.17) is 10.3 Å². The molecule has 2 aromatic heterocycles. The van der Waals surface area contributed by atoms with E-state index < -0.39 is 5.97 Å². The molecule has 0 fully saturated rings. The summed E-state index contributed by atoms with van der Waals surface area (Å²) in [6, 6.07) is 15.7. The van der Waals surface area contributed by atoms with Crippen molar-refractivity contribution in [1.82, 2.24) is 14.7 Å². The molecule has 2 aromatic carbocycles. The third-order valence-electron chi connectivity index (χ3n) is 4.99. The number of nitrogens with two attached hydrogens (primary N) is 1. The van der Waals surface area contributed by atoms with Gasteiger partial charge in [-0.05, 0) is 29.8 Å². The summed E-state index contributed by atoms with van der Waals surface area (Å²) >= 11 is 0. The van der Waals surface area contributed by atoms with E-state index in [1.54, 1.807) is 16.7 Å². The maximum Gasteiger partial charge on any atom is 0.340 e. The maximum atomic E-state index is 12.8. The van der Waals surface area contributed by atoms with Gasteiger partial charge < -0.3 is 25.0 Å². The SMILES string of the molecule is Nc1c(C(=O)O)c(C(=O)CCc2nc(-c3ccc(O)cc3)no2)cn1Cc1ccccc1. The third kappa shape index (κ3) is 4.36. The first-order chi connectivity index (χ1) is 15.4. The number of hydrogen-bond acceptors (Lipinski definition) is 7. The molecule has 0 saturated heterocycles. The molecule has 4 rings (SSSR count). The van der Waals surface area contributed by atoms with E-state index in [1.807, 2.05) is 30.3 Å². The van der Waals surface area contributed by atoms with Gasteiger partial charge >= 0.3 is 5.97 Å². The first kappa shape index (κ1) is 20.9. The number of carboxylic acids is 1. The number of phenolic OH excluding ortho intramolecular Hbond substituents is 1. The van der Waals surface area contributed by atoms with Crippen molar-refractivity contribution in [2.24, 2.45) is 0 Å². The molecule has 32 heavy (non-hydrogen) atoms. The number of nitrogens with zero attached hydrogens (tertiary/aromatic N) is 3. The van der Waals surface area contributed by atoms with Crippen LogP contribution in [0.4, 0.5) is 5.82 Å². The molecule has 0 bridgehead atoms. The minimum atomic E-state index is -1.26. The highest BCUT2D eigenvalue weighted by Crippen LogP contribution is 2.24. The van der Waals surface area contributed by atoms with Gasteiger partial charge in [-0.25, -0.2) is 4.79 Å². The molecule has 9 heteroatoms. The van der Waals surface area contributed by atoms with Gasteiger partial charge in [0.1, 0.15) is 17.1 Å². The molecule has 0 amide bonds. The number of aryl methyl sites for hydroxylation is 1. The number of anilines is 1. The molecule has 0 aliphatic rings. The largest absolute Gasteiger partial charge is 0.508 e. The fourth-order valence-corrected chi connectivity index (χ4v) is 3.36. The van der Waals surface area contributed by atoms with E-state index in [0.717, 1.165) is 5.56 Å². The Hall–Kier alpha value is -4.40. The summed E-state index contributed by atoms with van der Waals surface area (Å²) in [6.45, 7) is 0.347. The second-order valence-corrected chi connectivity index (χ2v) is 7.20. The number of phenols is 1. The fraction of sp³-hybridized carbons (Fsp3) is 0.130. The number of rotatable bonds is 8. The lowest BCUT2D eigenvalue weighted by atomic mass is 10.1. The van der Waals surface area contributed by atoms with Crippen molar-refractivity contribution in [2.45, 2.75) is 19.4 Å². The van der Waals surface area contributed by atoms with Crippen LogP contribution in [0.5, 0.6) is 5.75 Å². The first-order valence-corrected chi connectivity index (χ1v) is 9.83. The number of benzene rings is 2. The van der Waals surface area contributed by atoms with Gasteiger partial charge in [0.05, 0.1) is 5.56 Å². The zero-order valence-corrected chi connectivity index (χ0v) is 16.9. The number of Topliss-reactive ketones (excluding diaryl/α,β-unsaturated/α-hetero) is 1. The summed E-state index contributed by atoms with van der Waals surface area (Å²) in [4.78, 5) is 28.8. The van der Waals surface area contributed by atoms with Crippen LogP contribution in [0.15, 0.2) is 65.3 Å². The molecular formula is C23H20N4O5. The van der Waals surface area contributed by atoms with Crippen molar-refractivity contribution in [3.8, 4) is 17.1 Å². The standard InChI is InChI=1S/C23H20N4O5/c24-21-20(23(30)31)17(13-27(21)12-14-4-2-1-3-5-14)18(29)10-11-19-25-22(26-32-19)15-6-8-16(28)9-7-15/h1-9,13,28H,10-12,24H2,(H,30,31). The molecule has 162 valence electrons. The Balaban J connectivity index is 1.50. The van der Waals surface area contributed by atoms with E-state index >= 15 is 0 Å². The van der Waals surface area contributed by atoms with Crippen LogP contribution in [0, 0.1) is 0 Å². The maximum absolute atomic E-state index is 12.8. The summed E-state index contributed by atoms with van der Waals surface area (Å²) in [7, 11) is 0. The van der Waals surface area contributed by atoms with Crippen molar-refractivity contribution >= 4 is 17.6 Å². The number of carboxylic acid groups (broad SMARTS) is 1. The number of nitrogen functional groups attached to an aromatic ring is 1. The zero-order valence-electron chi connectivity index (χ0n) is 16.9. The van der Waals surface area contributed by atoms with Crippen LogP contribution in [-0.4, -0.2) is 36.7 Å². The van der Waals surface area contributed by atoms with E-state index in [9.17, 15) is 19.8 Å². The van der Waals surface area contributed by atoms with Gasteiger partial charge in [-0.2, -0.15) is 4.98 Å². The summed E-state index contributed by atoms with van der Waals surface area (Å²) in [5, 5.41) is 22.9. The topological polar surface area (TPSA) is 144 Å². The van der Waals surface area contributed by atoms with Crippen molar-refractivity contribution in [3.05, 3.63) is 83.4 Å². The predicted octanol–water partition coefficient (Wildman–Crippen LogP) is 3.39. The lowest BCUT2D eigenvalue weighted by Crippen LogP contribution is -2.09. The number of aromatic carboxylic acids is 1. The fourth-order valence-electron chi connectivity index (χ4n) is 3.36. The quantitative estimate of drug-likeness (QED) is 0.359. The van der Waals surface area contributed by atoms with Gasteiger partial charge in [0, 0.05) is 31.1 Å². The summed E-state index contributed by atoms with van der Waals surface area (Å²) in [5.74, 6) is -0.921. The Labute approximate surface area is 182 Å². The van der Waals surface area contributed by atoms with Crippen LogP contribution in [0.2, 0.25) is 0 Å². The minimum absolute atomic E-state index is 0.0215. The Morgan fingerprint density at radius 3 is 2.47 bits per heavy atom. The van der Waals surface area contributed by atoms with Gasteiger partial charge in [-0.15, -0.1) is 0 Å². The molecule has 0 unspecified atom stereocenters. The van der Waals surface area contributed by atoms with Gasteiger partial charge in [0.25, 0.3) is 0 Å². The predicted molar refractivity (Wildman–Crippen MR) is 115 cm³/mol. The second-order valence-electron chi connectivity index (χ2n) is 7.20. The summed E-state index contributed by atoms with van der Waals surface area (Å²) in [5.41, 5.74) is 7.47. The molecule has 0 radical (unpaired) electrons. The van der Waals surface area contributed by atoms with Crippen molar-refractivity contribution < 1.29 is 24.3 Å². The smallest absolute Gasteiger partial charge is 0.340 e. The Morgan fingerprint density at radius 1 is 1.06 bits per heavy atom. The van der Waals surface area contributed by atoms with Crippen molar-refractivity contribution in [1.29, 1.82) is 0 Å². The van der Waals surface area contributed by atoms with Crippen LogP contribution in [-0.2, 0) is 13.0 Å². The van der Waals surface area contributed by atoms with Crippen LogP contribution in [0.25, 0.3) is 11.4 Å². The van der Waals surface area contributed by atoms with E-state index in [1.165, 1.54) is 18.3 Å². The lowest BCUT2D eigenvalue weighted by molar-refractivity contribution is 0.0693. The molecule has 4 aromatic rings. The molecular weight excluding hydrogens is 412 g/mol. The molecule has 2 heterocycles. The highest BCUT2D eigenvalue weighted by Gasteiger charge is 2.24. The third-order valence-corrected chi connectivity index (χ3v) is 4.99. The van der Waals surface area contributed by atoms with Crippen LogP contribution < -0.4 is 5.73 Å². The van der Waals surface area contributed by atoms with Crippen molar-refractivity contribution in [2.75, 3.05) is 5.73 Å². The number of hydrogen-bond donors (Lipinski definition) is 3. The normalized spacial score (nSPS) is 10.9. The Bertz CT molecular complexity index is 1260. The molecule has 0 saturated carbocycles. The van der Waals surface area contributed by atoms with Gasteiger partial charge in [-0.1, -0.05) is 35.5 Å². The lowest BCUT2D eigenvalue weighted by Gasteiger charge is -2.05. The number of carbonyl (C=O) groups is 2. The monoisotopic (exact) mass is 432 g/mol. The highest BCUT2D eigenvalue weighted by molar-refractivity contribution is 6.08. The summed E-state index contributed by atoms with van der Waals surface area (Å²) < 4.78 is 6.76. The number of ketones is 1. The highest BCUT2D eigenvalue weighted by atomic mass is 16.5. The van der Waals surface area contributed by atoms with Gasteiger partial charge in [0.2, 0.25) is 11.7 Å². The average molecular weight is 432 g/mol. The molecule has 0 aliphatic heterocycles. The van der Waals surface area contributed by atoms with Crippen molar-refractivity contribution in [3.63, 3.8) is 0 Å². The number of aromatic hydroxyl groups is 1. The second kappa shape index (κ2) is 8.76. The van der Waals surface area contributed by atoms with Crippen LogP contribution >= 0.6 is 0 Å². The summed E-state index contributed by atoms with van der Waals surface area (Å²) in [6.07, 6.45) is 1.60. The Morgan fingerprint density at radius 2 is 1.78 bits per heavy atom. The average Bonchev–Trinajstić information content (AvgIpc) is 3.38. The van der Waals surface area contributed by atoms with Crippen LogP contribution in [0.3, 0.4) is 0 Å². The van der Waals surface area contributed by atoms with E-state index in [0.29, 0.717) is 17.9 Å². The Kier molecular flexibility index (Phi) is 5.71. The minimum Gasteiger partial charge on any atom is -0.508 e. The molecule has 0 aliphatic carbocycles. The van der Waals surface area contributed by atoms with E-state index in [-0.39, 0.29) is 47.2 Å².